The van der Waals surface area contributed by atoms with Crippen molar-refractivity contribution >= 4 is 0 Å². The van der Waals surface area contributed by atoms with E-state index in [9.17, 15) is 0 Å². The fraction of sp³-hybridized carbons (Fsp3) is 0.846. The molecule has 0 amide bonds. The fourth-order valence-corrected chi connectivity index (χ4v) is 2.16. The van der Waals surface area contributed by atoms with E-state index in [4.69, 9.17) is 9.26 Å². The molecule has 1 aromatic rings. The third kappa shape index (κ3) is 3.78. The van der Waals surface area contributed by atoms with E-state index < -0.39 is 0 Å². The van der Waals surface area contributed by atoms with Crippen molar-refractivity contribution in [1.82, 2.24) is 15.0 Å². The molecule has 2 heterocycles. The van der Waals surface area contributed by atoms with Gasteiger partial charge in [0.25, 0.3) is 0 Å². The van der Waals surface area contributed by atoms with E-state index in [2.05, 4.69) is 35.9 Å². The first-order valence-electron chi connectivity index (χ1n) is 6.77. The minimum absolute atomic E-state index is 0.314. The molecule has 1 aromatic heterocycles. The molecule has 1 saturated heterocycles. The monoisotopic (exact) mass is 253 g/mol. The highest BCUT2D eigenvalue weighted by molar-refractivity contribution is 4.91. The highest BCUT2D eigenvalue weighted by Gasteiger charge is 2.17. The third-order valence-electron chi connectivity index (χ3n) is 3.19. The molecule has 0 spiro atoms. The molecule has 1 atom stereocenters. The minimum atomic E-state index is 0.314. The minimum Gasteiger partial charge on any atom is -0.377 e. The second-order valence-electron chi connectivity index (χ2n) is 5.39. The molecule has 0 aliphatic carbocycles. The van der Waals surface area contributed by atoms with Gasteiger partial charge in [-0.2, -0.15) is 4.98 Å². The van der Waals surface area contributed by atoms with Crippen molar-refractivity contribution in [2.24, 2.45) is 0 Å². The van der Waals surface area contributed by atoms with E-state index in [1.165, 1.54) is 12.8 Å². The zero-order valence-corrected chi connectivity index (χ0v) is 11.6. The van der Waals surface area contributed by atoms with Crippen molar-refractivity contribution in [3.63, 3.8) is 0 Å². The topological polar surface area (TPSA) is 51.4 Å². The van der Waals surface area contributed by atoms with E-state index in [0.717, 1.165) is 25.4 Å². The lowest BCUT2D eigenvalue weighted by molar-refractivity contribution is -0.00382. The Balaban J connectivity index is 1.80. The van der Waals surface area contributed by atoms with Crippen molar-refractivity contribution in [2.45, 2.75) is 51.7 Å². The first-order chi connectivity index (χ1) is 8.65. The molecule has 5 nitrogen and oxygen atoms in total. The van der Waals surface area contributed by atoms with Crippen LogP contribution in [0.1, 0.15) is 50.7 Å². The summed E-state index contributed by atoms with van der Waals surface area (Å²) in [5, 5.41) is 3.97. The van der Waals surface area contributed by atoms with Gasteiger partial charge in [0, 0.05) is 19.1 Å². The quantitative estimate of drug-likeness (QED) is 0.805. The molecule has 0 aromatic carbocycles. The summed E-state index contributed by atoms with van der Waals surface area (Å²) >= 11 is 0. The Hall–Kier alpha value is -0.940. The van der Waals surface area contributed by atoms with E-state index in [1.807, 2.05) is 0 Å². The molecule has 0 bridgehead atoms. The molecule has 5 heteroatoms. The van der Waals surface area contributed by atoms with Crippen LogP contribution in [0.2, 0.25) is 0 Å². The SMILES string of the molecule is CC(C)c1noc(CN(C)C[C@H]2CCCCO2)n1. The van der Waals surface area contributed by atoms with Crippen LogP contribution in [-0.2, 0) is 11.3 Å². The number of hydrogen-bond acceptors (Lipinski definition) is 5. The summed E-state index contributed by atoms with van der Waals surface area (Å²) in [5.41, 5.74) is 0. The van der Waals surface area contributed by atoms with Crippen LogP contribution in [0.5, 0.6) is 0 Å². The van der Waals surface area contributed by atoms with Gasteiger partial charge in [0.1, 0.15) is 0 Å². The van der Waals surface area contributed by atoms with Crippen LogP contribution in [0.4, 0.5) is 0 Å². The predicted octanol–water partition coefficient (Wildman–Crippen LogP) is 2.19. The summed E-state index contributed by atoms with van der Waals surface area (Å²) in [5.74, 6) is 1.79. The van der Waals surface area contributed by atoms with Crippen molar-refractivity contribution in [3.8, 4) is 0 Å². The smallest absolute Gasteiger partial charge is 0.240 e. The predicted molar refractivity (Wildman–Crippen MR) is 68.3 cm³/mol. The maximum Gasteiger partial charge on any atom is 0.240 e. The average molecular weight is 253 g/mol. The molecule has 0 unspecified atom stereocenters. The van der Waals surface area contributed by atoms with Crippen molar-refractivity contribution < 1.29 is 9.26 Å². The van der Waals surface area contributed by atoms with Crippen molar-refractivity contribution in [2.75, 3.05) is 20.2 Å². The number of nitrogens with zero attached hydrogens (tertiary/aromatic N) is 3. The summed E-state index contributed by atoms with van der Waals surface area (Å²) in [7, 11) is 2.07. The van der Waals surface area contributed by atoms with Gasteiger partial charge in [0.05, 0.1) is 12.6 Å². The third-order valence-corrected chi connectivity index (χ3v) is 3.19. The second-order valence-corrected chi connectivity index (χ2v) is 5.39. The first kappa shape index (κ1) is 13.5. The van der Waals surface area contributed by atoms with Crippen LogP contribution in [0, 0.1) is 0 Å². The zero-order valence-electron chi connectivity index (χ0n) is 11.6. The lowest BCUT2D eigenvalue weighted by atomic mass is 10.1. The lowest BCUT2D eigenvalue weighted by Crippen LogP contribution is -2.33. The van der Waals surface area contributed by atoms with Gasteiger partial charge in [0.2, 0.25) is 5.89 Å². The van der Waals surface area contributed by atoms with Crippen LogP contribution < -0.4 is 0 Å². The maximum atomic E-state index is 5.72. The fourth-order valence-electron chi connectivity index (χ4n) is 2.16. The largest absolute Gasteiger partial charge is 0.377 e. The molecule has 1 aliphatic heterocycles. The van der Waals surface area contributed by atoms with Gasteiger partial charge in [0.15, 0.2) is 5.82 Å². The zero-order chi connectivity index (χ0) is 13.0. The molecule has 2 rings (SSSR count). The second kappa shape index (κ2) is 6.29. The van der Waals surface area contributed by atoms with Gasteiger partial charge in [-0.3, -0.25) is 4.90 Å². The Bertz CT molecular complexity index is 359. The first-order valence-corrected chi connectivity index (χ1v) is 6.77. The lowest BCUT2D eigenvalue weighted by Gasteiger charge is -2.26. The van der Waals surface area contributed by atoms with Crippen LogP contribution in [0.15, 0.2) is 4.52 Å². The summed E-state index contributed by atoms with van der Waals surface area (Å²) in [6, 6.07) is 0. The number of ether oxygens (including phenoxy) is 1. The maximum absolute atomic E-state index is 5.72. The van der Waals surface area contributed by atoms with Crippen molar-refractivity contribution in [3.05, 3.63) is 11.7 Å². The molecule has 0 radical (unpaired) electrons. The Kier molecular flexibility index (Phi) is 4.72. The molecular formula is C13H23N3O2. The molecule has 0 saturated carbocycles. The molecule has 1 fully saturated rings. The molecule has 18 heavy (non-hydrogen) atoms. The van der Waals surface area contributed by atoms with E-state index in [1.54, 1.807) is 0 Å². The highest BCUT2D eigenvalue weighted by Crippen LogP contribution is 2.15. The number of rotatable bonds is 5. The standard InChI is InChI=1S/C13H23N3O2/c1-10(2)13-14-12(18-15-13)9-16(3)8-11-6-4-5-7-17-11/h10-11H,4-9H2,1-3H3/t11-/m1/s1. The van der Waals surface area contributed by atoms with Crippen molar-refractivity contribution in [1.29, 1.82) is 0 Å². The Morgan fingerprint density at radius 2 is 2.22 bits per heavy atom. The molecule has 1 aliphatic rings. The number of aromatic nitrogens is 2. The van der Waals surface area contributed by atoms with Crippen LogP contribution in [-0.4, -0.2) is 41.3 Å². The van der Waals surface area contributed by atoms with E-state index in [0.29, 0.717) is 24.5 Å². The molecule has 102 valence electrons. The molecular weight excluding hydrogens is 230 g/mol. The summed E-state index contributed by atoms with van der Waals surface area (Å²) in [6.07, 6.45) is 3.99. The van der Waals surface area contributed by atoms with E-state index in [-0.39, 0.29) is 0 Å². The van der Waals surface area contributed by atoms with Gasteiger partial charge in [-0.25, -0.2) is 0 Å². The van der Waals surface area contributed by atoms with Gasteiger partial charge in [-0.1, -0.05) is 19.0 Å². The van der Waals surface area contributed by atoms with Crippen LogP contribution in [0.3, 0.4) is 0 Å². The van der Waals surface area contributed by atoms with Gasteiger partial charge in [-0.15, -0.1) is 0 Å². The van der Waals surface area contributed by atoms with Gasteiger partial charge in [-0.05, 0) is 26.3 Å². The summed E-state index contributed by atoms with van der Waals surface area (Å²) in [4.78, 5) is 6.57. The van der Waals surface area contributed by atoms with Crippen LogP contribution in [0.25, 0.3) is 0 Å². The number of hydrogen-bond donors (Lipinski definition) is 0. The average Bonchev–Trinajstić information content (AvgIpc) is 2.78. The van der Waals surface area contributed by atoms with Crippen LogP contribution >= 0.6 is 0 Å². The van der Waals surface area contributed by atoms with Gasteiger partial charge >= 0.3 is 0 Å². The van der Waals surface area contributed by atoms with Gasteiger partial charge < -0.3 is 9.26 Å². The summed E-state index contributed by atoms with van der Waals surface area (Å²) < 4.78 is 11.0. The Labute approximate surface area is 108 Å². The number of likely N-dealkylation sites (N-methyl/N-ethyl adjacent to an activating group) is 1. The summed E-state index contributed by atoms with van der Waals surface area (Å²) in [6.45, 7) is 6.65. The Morgan fingerprint density at radius 1 is 1.39 bits per heavy atom. The Morgan fingerprint density at radius 3 is 2.83 bits per heavy atom. The molecule has 0 N–H and O–H groups in total. The van der Waals surface area contributed by atoms with E-state index >= 15 is 0 Å². The normalized spacial score (nSPS) is 20.8. The highest BCUT2D eigenvalue weighted by atomic mass is 16.5.